The Bertz CT molecular complexity index is 767. The van der Waals surface area contributed by atoms with E-state index in [0.29, 0.717) is 0 Å². The monoisotopic (exact) mass is 275 g/mol. The Morgan fingerprint density at radius 2 is 1.71 bits per heavy atom. The molecule has 0 aliphatic carbocycles. The molecule has 0 spiro atoms. The summed E-state index contributed by atoms with van der Waals surface area (Å²) >= 11 is 0. The number of hydrogen-bond donors (Lipinski definition) is 0. The van der Waals surface area contributed by atoms with Crippen LogP contribution in [0.15, 0.2) is 60.8 Å². The molecule has 0 amide bonds. The molecule has 1 aliphatic heterocycles. The Labute approximate surface area is 125 Å². The highest BCUT2D eigenvalue weighted by Crippen LogP contribution is 2.25. The van der Waals surface area contributed by atoms with Gasteiger partial charge >= 0.3 is 0 Å². The van der Waals surface area contributed by atoms with Crippen molar-refractivity contribution in [2.24, 2.45) is 0 Å². The molecule has 0 radical (unpaired) electrons. The average Bonchev–Trinajstić information content (AvgIpc) is 3.11. The Morgan fingerprint density at radius 3 is 2.48 bits per heavy atom. The van der Waals surface area contributed by atoms with Crippen molar-refractivity contribution in [2.45, 2.75) is 26.3 Å². The normalized spacial score (nSPS) is 13.4. The number of hydrogen-bond acceptors (Lipinski definition) is 0. The highest BCUT2D eigenvalue weighted by Gasteiger charge is 2.29. The second-order valence-corrected chi connectivity index (χ2v) is 5.76. The van der Waals surface area contributed by atoms with Crippen LogP contribution in [-0.2, 0) is 13.0 Å². The van der Waals surface area contributed by atoms with Gasteiger partial charge in [-0.3, -0.25) is 0 Å². The van der Waals surface area contributed by atoms with Gasteiger partial charge in [0.2, 0.25) is 0 Å². The van der Waals surface area contributed by atoms with Gasteiger partial charge in [0.25, 0.3) is 5.82 Å². The highest BCUT2D eigenvalue weighted by molar-refractivity contribution is 5.58. The third-order valence-corrected chi connectivity index (χ3v) is 4.30. The predicted octanol–water partition coefficient (Wildman–Crippen LogP) is 3.69. The average molecular weight is 275 g/mol. The molecule has 2 heterocycles. The molecule has 2 aromatic carbocycles. The summed E-state index contributed by atoms with van der Waals surface area (Å²) in [5.74, 6) is 1.41. The van der Waals surface area contributed by atoms with Gasteiger partial charge in [0.05, 0.1) is 13.0 Å². The van der Waals surface area contributed by atoms with E-state index in [1.165, 1.54) is 34.8 Å². The molecular weight excluding hydrogens is 256 g/mol. The number of aromatic nitrogens is 2. The largest absolute Gasteiger partial charge is 0.262 e. The minimum absolute atomic E-state index is 1.12. The van der Waals surface area contributed by atoms with Gasteiger partial charge in [-0.25, -0.2) is 4.57 Å². The van der Waals surface area contributed by atoms with Crippen LogP contribution in [0, 0.1) is 6.92 Å². The van der Waals surface area contributed by atoms with Crippen LogP contribution >= 0.6 is 0 Å². The van der Waals surface area contributed by atoms with E-state index in [2.05, 4.69) is 76.9 Å². The van der Waals surface area contributed by atoms with Crippen LogP contribution in [0.25, 0.3) is 16.9 Å². The fourth-order valence-electron chi connectivity index (χ4n) is 3.20. The number of fused-ring (bicyclic) bond motifs is 1. The molecule has 4 rings (SSSR count). The zero-order chi connectivity index (χ0) is 14.2. The molecule has 3 aromatic rings. The van der Waals surface area contributed by atoms with Gasteiger partial charge in [-0.05, 0) is 25.5 Å². The summed E-state index contributed by atoms with van der Waals surface area (Å²) in [4.78, 5) is 0. The van der Waals surface area contributed by atoms with Crippen LogP contribution < -0.4 is 4.57 Å². The molecule has 2 heteroatoms. The van der Waals surface area contributed by atoms with Crippen LogP contribution in [0.3, 0.4) is 0 Å². The summed E-state index contributed by atoms with van der Waals surface area (Å²) in [7, 11) is 0. The van der Waals surface area contributed by atoms with Crippen molar-refractivity contribution in [1.82, 2.24) is 4.57 Å². The third kappa shape index (κ3) is 2.07. The van der Waals surface area contributed by atoms with Crippen molar-refractivity contribution >= 4 is 0 Å². The molecule has 1 aliphatic rings. The molecule has 0 unspecified atom stereocenters. The molecule has 0 bridgehead atoms. The maximum absolute atomic E-state index is 2.47. The van der Waals surface area contributed by atoms with Crippen molar-refractivity contribution in [3.63, 3.8) is 0 Å². The SMILES string of the molecule is Cc1ccc(-[n+]2cc(-c3ccccc3)n3c2CCC3)cc1. The van der Waals surface area contributed by atoms with E-state index in [4.69, 9.17) is 0 Å². The predicted molar refractivity (Wildman–Crippen MR) is 84.5 cm³/mol. The van der Waals surface area contributed by atoms with Gasteiger partial charge in [-0.2, -0.15) is 4.57 Å². The first kappa shape index (κ1) is 12.4. The highest BCUT2D eigenvalue weighted by atomic mass is 15.2. The summed E-state index contributed by atoms with van der Waals surface area (Å²) in [6, 6.07) is 19.5. The zero-order valence-electron chi connectivity index (χ0n) is 12.3. The number of aryl methyl sites for hydroxylation is 1. The van der Waals surface area contributed by atoms with Crippen LogP contribution in [0.4, 0.5) is 0 Å². The fraction of sp³-hybridized carbons (Fsp3) is 0.211. The smallest absolute Gasteiger partial charge is 0.227 e. The molecule has 0 saturated carbocycles. The van der Waals surface area contributed by atoms with Crippen molar-refractivity contribution in [1.29, 1.82) is 0 Å². The van der Waals surface area contributed by atoms with E-state index in [1.807, 2.05) is 0 Å². The lowest BCUT2D eigenvalue weighted by molar-refractivity contribution is -0.602. The minimum Gasteiger partial charge on any atom is -0.227 e. The summed E-state index contributed by atoms with van der Waals surface area (Å²) < 4.78 is 4.82. The Morgan fingerprint density at radius 1 is 0.952 bits per heavy atom. The first-order valence-electron chi connectivity index (χ1n) is 7.59. The molecule has 0 atom stereocenters. The fourth-order valence-corrected chi connectivity index (χ4v) is 3.20. The Hall–Kier alpha value is -2.35. The van der Waals surface area contributed by atoms with Crippen molar-refractivity contribution in [3.05, 3.63) is 72.2 Å². The van der Waals surface area contributed by atoms with Crippen LogP contribution in [0.1, 0.15) is 17.8 Å². The second-order valence-electron chi connectivity index (χ2n) is 5.76. The molecule has 21 heavy (non-hydrogen) atoms. The van der Waals surface area contributed by atoms with Crippen LogP contribution in [-0.4, -0.2) is 4.57 Å². The topological polar surface area (TPSA) is 8.81 Å². The van der Waals surface area contributed by atoms with Crippen molar-refractivity contribution in [3.8, 4) is 16.9 Å². The molecule has 0 fully saturated rings. The lowest BCUT2D eigenvalue weighted by Gasteiger charge is -1.98. The van der Waals surface area contributed by atoms with E-state index in [-0.39, 0.29) is 0 Å². The van der Waals surface area contributed by atoms with Crippen LogP contribution in [0.5, 0.6) is 0 Å². The molecular formula is C19H19N2+. The molecule has 104 valence electrons. The summed E-state index contributed by atoms with van der Waals surface area (Å²) in [5, 5.41) is 0. The lowest BCUT2D eigenvalue weighted by Crippen LogP contribution is -2.32. The Balaban J connectivity index is 1.88. The number of benzene rings is 2. The lowest BCUT2D eigenvalue weighted by atomic mass is 10.1. The molecule has 1 aromatic heterocycles. The van der Waals surface area contributed by atoms with E-state index in [0.717, 1.165) is 13.0 Å². The summed E-state index contributed by atoms with van der Waals surface area (Å²) in [5.41, 5.74) is 5.18. The third-order valence-electron chi connectivity index (χ3n) is 4.30. The number of rotatable bonds is 2. The van der Waals surface area contributed by atoms with Gasteiger partial charge < -0.3 is 0 Å². The summed E-state index contributed by atoms with van der Waals surface area (Å²) in [6.07, 6.45) is 4.68. The standard InChI is InChI=1S/C19H19N2/c1-15-9-11-17(12-10-15)21-14-18(16-6-3-2-4-7-16)20-13-5-8-19(20)21/h2-4,6-7,9-12,14H,5,8,13H2,1H3/q+1. The molecule has 0 saturated heterocycles. The van der Waals surface area contributed by atoms with E-state index in [1.54, 1.807) is 0 Å². The van der Waals surface area contributed by atoms with E-state index >= 15 is 0 Å². The maximum Gasteiger partial charge on any atom is 0.262 e. The summed E-state index contributed by atoms with van der Waals surface area (Å²) in [6.45, 7) is 3.26. The Kier molecular flexibility index (Phi) is 2.88. The van der Waals surface area contributed by atoms with Crippen LogP contribution in [0.2, 0.25) is 0 Å². The van der Waals surface area contributed by atoms with Crippen molar-refractivity contribution < 1.29 is 4.57 Å². The number of nitrogens with zero attached hydrogens (tertiary/aromatic N) is 2. The van der Waals surface area contributed by atoms with E-state index in [9.17, 15) is 0 Å². The van der Waals surface area contributed by atoms with Gasteiger partial charge in [-0.1, -0.05) is 48.0 Å². The van der Waals surface area contributed by atoms with Gasteiger partial charge in [-0.15, -0.1) is 0 Å². The quantitative estimate of drug-likeness (QED) is 0.631. The first-order chi connectivity index (χ1) is 10.3. The van der Waals surface area contributed by atoms with Gasteiger partial charge in [0.1, 0.15) is 11.9 Å². The second kappa shape index (κ2) is 4.88. The van der Waals surface area contributed by atoms with Crippen molar-refractivity contribution in [2.75, 3.05) is 0 Å². The van der Waals surface area contributed by atoms with Gasteiger partial charge in [0.15, 0.2) is 5.69 Å². The first-order valence-corrected chi connectivity index (χ1v) is 7.59. The zero-order valence-corrected chi connectivity index (χ0v) is 12.3. The number of imidazole rings is 1. The minimum atomic E-state index is 1.12. The molecule has 0 N–H and O–H groups in total. The maximum atomic E-state index is 2.47. The van der Waals surface area contributed by atoms with E-state index < -0.39 is 0 Å². The van der Waals surface area contributed by atoms with Gasteiger partial charge in [0, 0.05) is 5.56 Å². The molecule has 2 nitrogen and oxygen atoms in total.